The third-order valence-corrected chi connectivity index (χ3v) is 1.83. The largest absolute Gasteiger partial charge is 0.0961 e. The minimum atomic E-state index is 0.589. The van der Waals surface area contributed by atoms with Gasteiger partial charge in [-0.05, 0) is 19.3 Å². The minimum absolute atomic E-state index is 0.589. The van der Waals surface area contributed by atoms with E-state index in [9.17, 15) is 0 Å². The fourth-order valence-corrected chi connectivity index (χ4v) is 0.676. The summed E-state index contributed by atoms with van der Waals surface area (Å²) in [5.74, 6) is 0.589. The first-order valence-corrected chi connectivity index (χ1v) is 4.10. The van der Waals surface area contributed by atoms with Gasteiger partial charge in [0.15, 0.2) is 0 Å². The van der Waals surface area contributed by atoms with Crippen LogP contribution in [0.5, 0.6) is 0 Å². The van der Waals surface area contributed by atoms with E-state index in [-0.39, 0.29) is 0 Å². The van der Waals surface area contributed by atoms with E-state index in [0.717, 1.165) is 12.0 Å². The third-order valence-electron chi connectivity index (χ3n) is 1.83. The molecule has 0 saturated carbocycles. The fourth-order valence-electron chi connectivity index (χ4n) is 0.676. The van der Waals surface area contributed by atoms with Crippen molar-refractivity contribution in [1.82, 2.24) is 0 Å². The maximum atomic E-state index is 3.97. The van der Waals surface area contributed by atoms with Crippen LogP contribution in [-0.4, -0.2) is 0 Å². The predicted octanol–water partition coefficient (Wildman–Crippen LogP) is 3.72. The highest BCUT2D eigenvalue weighted by Crippen LogP contribution is 2.13. The van der Waals surface area contributed by atoms with Crippen LogP contribution in [0.3, 0.4) is 0 Å². The van der Waals surface area contributed by atoms with Crippen LogP contribution in [0.25, 0.3) is 0 Å². The van der Waals surface area contributed by atoms with Gasteiger partial charge in [-0.3, -0.25) is 0 Å². The Balaban J connectivity index is 3.96. The van der Waals surface area contributed by atoms with Crippen molar-refractivity contribution < 1.29 is 0 Å². The average Bonchev–Trinajstić information content (AvgIpc) is 1.98. The second-order valence-electron chi connectivity index (χ2n) is 3.06. The van der Waals surface area contributed by atoms with Crippen molar-refractivity contribution in [1.29, 1.82) is 0 Å². The Bertz CT molecular complexity index is 172. The quantitative estimate of drug-likeness (QED) is 0.536. The van der Waals surface area contributed by atoms with Gasteiger partial charge in [-0.25, -0.2) is 0 Å². The summed E-state index contributed by atoms with van der Waals surface area (Å²) in [5, 5.41) is 0. The minimum Gasteiger partial charge on any atom is -0.0961 e. The number of hydrogen-bond donors (Lipinski definition) is 0. The highest BCUT2D eigenvalue weighted by atomic mass is 14.0. The molecular weight excluding hydrogens is 132 g/mol. The van der Waals surface area contributed by atoms with Gasteiger partial charge in [0, 0.05) is 0 Å². The molecule has 0 aromatic heterocycles. The molecule has 0 fully saturated rings. The molecular formula is C11H18. The highest BCUT2D eigenvalue weighted by Gasteiger charge is 1.98. The molecule has 1 unspecified atom stereocenters. The van der Waals surface area contributed by atoms with Crippen molar-refractivity contribution in [2.75, 3.05) is 0 Å². The summed E-state index contributed by atoms with van der Waals surface area (Å²) in [6.45, 7) is 14.1. The molecule has 0 rings (SSSR count). The number of hydrogen-bond acceptors (Lipinski definition) is 0. The van der Waals surface area contributed by atoms with Crippen LogP contribution in [-0.2, 0) is 0 Å². The van der Waals surface area contributed by atoms with E-state index in [1.54, 1.807) is 0 Å². The van der Waals surface area contributed by atoms with E-state index >= 15 is 0 Å². The van der Waals surface area contributed by atoms with Crippen molar-refractivity contribution in [3.8, 4) is 0 Å². The lowest BCUT2D eigenvalue weighted by atomic mass is 9.99. The third kappa shape index (κ3) is 4.60. The Morgan fingerprint density at radius 1 is 1.36 bits per heavy atom. The molecule has 0 aliphatic carbocycles. The summed E-state index contributed by atoms with van der Waals surface area (Å²) in [6.07, 6.45) is 5.21. The highest BCUT2D eigenvalue weighted by molar-refractivity contribution is 5.24. The molecule has 0 N–H and O–H groups in total. The van der Waals surface area contributed by atoms with Crippen molar-refractivity contribution in [3.63, 3.8) is 0 Å². The summed E-state index contributed by atoms with van der Waals surface area (Å²) < 4.78 is 0. The first-order valence-electron chi connectivity index (χ1n) is 4.10. The Labute approximate surface area is 70.3 Å². The second kappa shape index (κ2) is 4.95. The summed E-state index contributed by atoms with van der Waals surface area (Å²) in [6, 6.07) is 0. The monoisotopic (exact) mass is 150 g/mol. The number of allylic oxidation sites excluding steroid dienone is 4. The number of rotatable bonds is 4. The molecule has 0 nitrogen and oxygen atoms in total. The Morgan fingerprint density at radius 2 is 1.91 bits per heavy atom. The van der Waals surface area contributed by atoms with Crippen LogP contribution in [0.15, 0.2) is 36.5 Å². The van der Waals surface area contributed by atoms with E-state index in [2.05, 4.69) is 33.1 Å². The second-order valence-corrected chi connectivity index (χ2v) is 3.06. The van der Waals surface area contributed by atoms with Gasteiger partial charge in [0.25, 0.3) is 0 Å². The Hall–Kier alpha value is -0.780. The van der Waals surface area contributed by atoms with Gasteiger partial charge in [-0.2, -0.15) is 0 Å². The van der Waals surface area contributed by atoms with Gasteiger partial charge < -0.3 is 0 Å². The van der Waals surface area contributed by atoms with Gasteiger partial charge in [-0.1, -0.05) is 50.3 Å². The molecule has 0 amide bonds. The van der Waals surface area contributed by atoms with Crippen LogP contribution in [0, 0.1) is 5.92 Å². The van der Waals surface area contributed by atoms with Gasteiger partial charge in [0.2, 0.25) is 0 Å². The van der Waals surface area contributed by atoms with E-state index in [1.165, 1.54) is 5.57 Å². The molecule has 11 heavy (non-hydrogen) atoms. The van der Waals surface area contributed by atoms with Crippen LogP contribution in [0.1, 0.15) is 27.2 Å². The molecule has 0 aromatic carbocycles. The van der Waals surface area contributed by atoms with Gasteiger partial charge in [-0.15, -0.1) is 0 Å². The molecule has 0 saturated heterocycles. The fraction of sp³-hybridized carbons (Fsp3) is 0.455. The topological polar surface area (TPSA) is 0 Å². The van der Waals surface area contributed by atoms with Crippen molar-refractivity contribution in [3.05, 3.63) is 36.5 Å². The van der Waals surface area contributed by atoms with Crippen LogP contribution in [0.4, 0.5) is 0 Å². The van der Waals surface area contributed by atoms with Crippen LogP contribution < -0.4 is 0 Å². The van der Waals surface area contributed by atoms with Crippen molar-refractivity contribution >= 4 is 0 Å². The molecule has 62 valence electrons. The maximum Gasteiger partial charge on any atom is -0.0199 e. The van der Waals surface area contributed by atoms with Crippen LogP contribution in [0.2, 0.25) is 0 Å². The SMILES string of the molecule is C=C(C)C=CC(=C)C(C)CC. The van der Waals surface area contributed by atoms with E-state index in [1.807, 2.05) is 13.0 Å². The molecule has 0 aromatic rings. The lowest BCUT2D eigenvalue weighted by Gasteiger charge is -2.06. The zero-order valence-electron chi connectivity index (χ0n) is 7.85. The lowest BCUT2D eigenvalue weighted by Crippen LogP contribution is -1.92. The Kier molecular flexibility index (Phi) is 4.60. The average molecular weight is 150 g/mol. The standard InChI is InChI=1S/C11H18/c1-6-10(4)11(5)8-7-9(2)3/h7-8,10H,2,5-6H2,1,3-4H3. The lowest BCUT2D eigenvalue weighted by molar-refractivity contribution is 0.672. The van der Waals surface area contributed by atoms with Crippen LogP contribution >= 0.6 is 0 Å². The molecule has 0 radical (unpaired) electrons. The Morgan fingerprint density at radius 3 is 2.27 bits per heavy atom. The van der Waals surface area contributed by atoms with Gasteiger partial charge in [0.1, 0.15) is 0 Å². The predicted molar refractivity (Wildman–Crippen MR) is 52.5 cm³/mol. The molecule has 1 atom stereocenters. The normalized spacial score (nSPS) is 13.4. The zero-order valence-corrected chi connectivity index (χ0v) is 7.85. The van der Waals surface area contributed by atoms with Gasteiger partial charge >= 0.3 is 0 Å². The molecule has 0 heteroatoms. The molecule has 0 bridgehead atoms. The maximum absolute atomic E-state index is 3.97. The first kappa shape index (κ1) is 10.2. The van der Waals surface area contributed by atoms with Crippen molar-refractivity contribution in [2.24, 2.45) is 5.92 Å². The van der Waals surface area contributed by atoms with E-state index in [0.29, 0.717) is 5.92 Å². The zero-order chi connectivity index (χ0) is 8.85. The summed E-state index contributed by atoms with van der Waals surface area (Å²) >= 11 is 0. The molecule has 0 spiro atoms. The molecule has 0 aliphatic heterocycles. The molecule has 0 aliphatic rings. The molecule has 0 heterocycles. The summed E-state index contributed by atoms with van der Waals surface area (Å²) in [5.41, 5.74) is 2.27. The summed E-state index contributed by atoms with van der Waals surface area (Å²) in [4.78, 5) is 0. The van der Waals surface area contributed by atoms with E-state index in [4.69, 9.17) is 0 Å². The van der Waals surface area contributed by atoms with Crippen molar-refractivity contribution in [2.45, 2.75) is 27.2 Å². The smallest absolute Gasteiger partial charge is 0.0199 e. The van der Waals surface area contributed by atoms with Gasteiger partial charge in [0.05, 0.1) is 0 Å². The first-order chi connectivity index (χ1) is 5.07. The van der Waals surface area contributed by atoms with E-state index < -0.39 is 0 Å². The summed E-state index contributed by atoms with van der Waals surface area (Å²) in [7, 11) is 0.